The van der Waals surface area contributed by atoms with Gasteiger partial charge in [0, 0.05) is 29.3 Å². The summed E-state index contributed by atoms with van der Waals surface area (Å²) in [7, 11) is 0. The van der Waals surface area contributed by atoms with Crippen molar-refractivity contribution in [2.45, 2.75) is 12.8 Å². The number of rotatable bonds is 3. The molecule has 0 saturated carbocycles. The third-order valence-corrected chi connectivity index (χ3v) is 3.96. The minimum absolute atomic E-state index is 0.121. The molecule has 2 nitrogen and oxygen atoms in total. The van der Waals surface area contributed by atoms with Gasteiger partial charge in [-0.1, -0.05) is 6.92 Å². The Morgan fingerprint density at radius 2 is 2.12 bits per heavy atom. The van der Waals surface area contributed by atoms with Crippen molar-refractivity contribution in [2.75, 3.05) is 0 Å². The number of Topliss-reactive ketones (excluding diaryl/α,β-unsaturated/α-hetero) is 1. The Bertz CT molecular complexity index is 495. The summed E-state index contributed by atoms with van der Waals surface area (Å²) in [5.41, 5.74) is 1.77. The highest BCUT2D eigenvalue weighted by Crippen LogP contribution is 2.26. The maximum Gasteiger partial charge on any atom is 0.170 e. The van der Waals surface area contributed by atoms with Crippen LogP contribution in [-0.4, -0.2) is 10.8 Å². The number of pyridine rings is 1. The fourth-order valence-electron chi connectivity index (χ4n) is 1.49. The fraction of sp³-hybridized carbons (Fsp3) is 0.167. The molecule has 0 N–H and O–H groups in total. The molecule has 2 aromatic rings. The summed E-state index contributed by atoms with van der Waals surface area (Å²) in [5.74, 6) is 0.0256. The van der Waals surface area contributed by atoms with E-state index >= 15 is 0 Å². The molecule has 2 heterocycles. The minimum Gasteiger partial charge on any atom is -0.293 e. The molecule has 2 aromatic heterocycles. The Labute approximate surface area is 106 Å². The van der Waals surface area contributed by atoms with Gasteiger partial charge in [-0.15, -0.1) is 11.3 Å². The van der Waals surface area contributed by atoms with E-state index in [1.54, 1.807) is 12.4 Å². The van der Waals surface area contributed by atoms with Gasteiger partial charge in [0.15, 0.2) is 5.78 Å². The van der Waals surface area contributed by atoms with E-state index < -0.39 is 0 Å². The SMILES string of the molecule is CC(C(=O)c1csc(Br)c1)c1ccncc1. The highest BCUT2D eigenvalue weighted by atomic mass is 79.9. The predicted molar refractivity (Wildman–Crippen MR) is 69.0 cm³/mol. The molecule has 1 atom stereocenters. The Morgan fingerprint density at radius 3 is 2.69 bits per heavy atom. The molecule has 1 unspecified atom stereocenters. The first-order valence-electron chi connectivity index (χ1n) is 4.86. The van der Waals surface area contributed by atoms with Gasteiger partial charge >= 0.3 is 0 Å². The molecule has 0 aliphatic heterocycles. The van der Waals surface area contributed by atoms with Crippen molar-refractivity contribution in [1.82, 2.24) is 4.98 Å². The average Bonchev–Trinajstić information content (AvgIpc) is 2.75. The summed E-state index contributed by atoms with van der Waals surface area (Å²) >= 11 is 4.89. The van der Waals surface area contributed by atoms with E-state index in [9.17, 15) is 4.79 Å². The Morgan fingerprint density at radius 1 is 1.44 bits per heavy atom. The summed E-state index contributed by atoms with van der Waals surface area (Å²) < 4.78 is 0.984. The van der Waals surface area contributed by atoms with E-state index in [-0.39, 0.29) is 11.7 Å². The third-order valence-electron chi connectivity index (χ3n) is 2.45. The molecule has 0 bridgehead atoms. The normalized spacial score (nSPS) is 12.4. The van der Waals surface area contributed by atoms with Gasteiger partial charge < -0.3 is 0 Å². The van der Waals surface area contributed by atoms with Crippen LogP contribution in [0, 0.1) is 0 Å². The van der Waals surface area contributed by atoms with E-state index in [4.69, 9.17) is 0 Å². The van der Waals surface area contributed by atoms with Crippen molar-refractivity contribution >= 4 is 33.0 Å². The smallest absolute Gasteiger partial charge is 0.170 e. The van der Waals surface area contributed by atoms with Crippen molar-refractivity contribution in [3.05, 3.63) is 50.9 Å². The molecule has 0 aliphatic rings. The summed E-state index contributed by atoms with van der Waals surface area (Å²) in [6, 6.07) is 5.62. The van der Waals surface area contributed by atoms with Gasteiger partial charge in [-0.05, 0) is 39.7 Å². The van der Waals surface area contributed by atoms with Crippen LogP contribution in [0.5, 0.6) is 0 Å². The van der Waals surface area contributed by atoms with E-state index in [1.165, 1.54) is 11.3 Å². The number of halogens is 1. The van der Waals surface area contributed by atoms with E-state index in [2.05, 4.69) is 20.9 Å². The second-order valence-electron chi connectivity index (χ2n) is 3.51. The second kappa shape index (κ2) is 4.89. The van der Waals surface area contributed by atoms with Gasteiger partial charge in [0.1, 0.15) is 0 Å². The summed E-state index contributed by atoms with van der Waals surface area (Å²) in [4.78, 5) is 16.1. The van der Waals surface area contributed by atoms with E-state index in [0.29, 0.717) is 0 Å². The molecule has 2 rings (SSSR count). The number of hydrogen-bond donors (Lipinski definition) is 0. The number of ketones is 1. The van der Waals surface area contributed by atoms with Gasteiger partial charge in [-0.3, -0.25) is 9.78 Å². The summed E-state index contributed by atoms with van der Waals surface area (Å²) in [5, 5.41) is 1.88. The summed E-state index contributed by atoms with van der Waals surface area (Å²) in [6.07, 6.45) is 3.42. The van der Waals surface area contributed by atoms with Gasteiger partial charge in [0.05, 0.1) is 3.79 Å². The molecule has 0 fully saturated rings. The van der Waals surface area contributed by atoms with E-state index in [0.717, 1.165) is 14.9 Å². The molecule has 82 valence electrons. The van der Waals surface area contributed by atoms with Crippen molar-refractivity contribution in [1.29, 1.82) is 0 Å². The van der Waals surface area contributed by atoms with Crippen molar-refractivity contribution in [3.8, 4) is 0 Å². The van der Waals surface area contributed by atoms with Crippen LogP contribution in [0.1, 0.15) is 28.8 Å². The molecule has 4 heteroatoms. The molecule has 0 aliphatic carbocycles. The number of hydrogen-bond acceptors (Lipinski definition) is 3. The van der Waals surface area contributed by atoms with Crippen molar-refractivity contribution < 1.29 is 4.79 Å². The zero-order valence-electron chi connectivity index (χ0n) is 8.68. The lowest BCUT2D eigenvalue weighted by atomic mass is 9.94. The zero-order chi connectivity index (χ0) is 11.5. The molecule has 0 aromatic carbocycles. The number of thiophene rings is 1. The van der Waals surface area contributed by atoms with Crippen LogP contribution < -0.4 is 0 Å². The maximum atomic E-state index is 12.1. The lowest BCUT2D eigenvalue weighted by molar-refractivity contribution is 0.0966. The number of carbonyl (C=O) groups is 1. The lowest BCUT2D eigenvalue weighted by Gasteiger charge is -2.08. The zero-order valence-corrected chi connectivity index (χ0v) is 11.1. The first kappa shape index (κ1) is 11.5. The summed E-state index contributed by atoms with van der Waals surface area (Å²) in [6.45, 7) is 1.92. The third kappa shape index (κ3) is 2.39. The largest absolute Gasteiger partial charge is 0.293 e. The highest BCUT2D eigenvalue weighted by Gasteiger charge is 2.17. The highest BCUT2D eigenvalue weighted by molar-refractivity contribution is 9.11. The first-order valence-corrected chi connectivity index (χ1v) is 6.54. The molecule has 0 saturated heterocycles. The fourth-order valence-corrected chi connectivity index (χ4v) is 2.64. The molecule has 0 radical (unpaired) electrons. The van der Waals surface area contributed by atoms with E-state index in [1.807, 2.05) is 30.5 Å². The number of nitrogens with zero attached hydrogens (tertiary/aromatic N) is 1. The molecule has 0 amide bonds. The van der Waals surface area contributed by atoms with Crippen molar-refractivity contribution in [2.24, 2.45) is 0 Å². The average molecular weight is 296 g/mol. The quantitative estimate of drug-likeness (QED) is 0.804. The van der Waals surface area contributed by atoms with Crippen LogP contribution >= 0.6 is 27.3 Å². The van der Waals surface area contributed by atoms with Crippen molar-refractivity contribution in [3.63, 3.8) is 0 Å². The monoisotopic (exact) mass is 295 g/mol. The van der Waals surface area contributed by atoms with Gasteiger partial charge in [-0.2, -0.15) is 0 Å². The topological polar surface area (TPSA) is 30.0 Å². The van der Waals surface area contributed by atoms with Crippen LogP contribution in [0.3, 0.4) is 0 Å². The van der Waals surface area contributed by atoms with Crippen LogP contribution in [-0.2, 0) is 0 Å². The Balaban J connectivity index is 2.23. The van der Waals surface area contributed by atoms with Gasteiger partial charge in [-0.25, -0.2) is 0 Å². The number of carbonyl (C=O) groups excluding carboxylic acids is 1. The minimum atomic E-state index is -0.121. The van der Waals surface area contributed by atoms with Gasteiger partial charge in [0.25, 0.3) is 0 Å². The first-order chi connectivity index (χ1) is 7.68. The predicted octanol–water partition coefficient (Wildman–Crippen LogP) is 3.89. The molecular formula is C12H10BrNOS. The Kier molecular flexibility index (Phi) is 3.51. The van der Waals surface area contributed by atoms with Crippen LogP contribution in [0.15, 0.2) is 39.8 Å². The lowest BCUT2D eigenvalue weighted by Crippen LogP contribution is -2.08. The number of aromatic nitrogens is 1. The second-order valence-corrected chi connectivity index (χ2v) is 5.80. The standard InChI is InChI=1S/C12H10BrNOS/c1-8(9-2-4-14-5-3-9)12(15)10-6-11(13)16-7-10/h2-8H,1H3. The Hall–Kier alpha value is -1.00. The molecule has 16 heavy (non-hydrogen) atoms. The maximum absolute atomic E-state index is 12.1. The van der Waals surface area contributed by atoms with Crippen LogP contribution in [0.25, 0.3) is 0 Å². The van der Waals surface area contributed by atoms with Gasteiger partial charge in [0.2, 0.25) is 0 Å². The molecular weight excluding hydrogens is 286 g/mol. The van der Waals surface area contributed by atoms with Crippen LogP contribution in [0.2, 0.25) is 0 Å². The van der Waals surface area contributed by atoms with Crippen LogP contribution in [0.4, 0.5) is 0 Å². The molecule has 0 spiro atoms.